The molecule has 2 N–H and O–H groups in total. The minimum Gasteiger partial charge on any atom is -0.397 e. The average molecular weight is 273 g/mol. The predicted molar refractivity (Wildman–Crippen MR) is 71.6 cm³/mol. The Morgan fingerprint density at radius 2 is 2.15 bits per heavy atom. The molecule has 0 atom stereocenters. The van der Waals surface area contributed by atoms with Gasteiger partial charge in [-0.1, -0.05) is 12.1 Å². The molecule has 0 radical (unpaired) electrons. The van der Waals surface area contributed by atoms with Gasteiger partial charge < -0.3 is 15.1 Å². The van der Waals surface area contributed by atoms with E-state index >= 15 is 0 Å². The summed E-state index contributed by atoms with van der Waals surface area (Å²) in [5.41, 5.74) is 8.06. The van der Waals surface area contributed by atoms with Crippen molar-refractivity contribution in [2.75, 3.05) is 17.2 Å². The van der Waals surface area contributed by atoms with Crippen molar-refractivity contribution in [2.24, 2.45) is 0 Å². The molecule has 2 heterocycles. The number of nitrogens with zero attached hydrogens (tertiary/aromatic N) is 2. The van der Waals surface area contributed by atoms with Crippen LogP contribution in [-0.4, -0.2) is 17.4 Å². The van der Waals surface area contributed by atoms with Gasteiger partial charge in [0.1, 0.15) is 4.92 Å². The second kappa shape index (κ2) is 4.37. The number of amides is 1. The van der Waals surface area contributed by atoms with Crippen LogP contribution in [0.2, 0.25) is 0 Å². The standard InChI is InChI=1S/C13H11N3O4/c14-9-3-1-2-8-6-7-15(12(8)9)13(17)10-4-5-11(20-10)16(18)19/h1-5H,6-7,14H2. The zero-order chi connectivity index (χ0) is 14.3. The summed E-state index contributed by atoms with van der Waals surface area (Å²) in [6.07, 6.45) is 0.703. The molecule has 102 valence electrons. The zero-order valence-corrected chi connectivity index (χ0v) is 10.4. The molecule has 1 aromatic carbocycles. The summed E-state index contributed by atoms with van der Waals surface area (Å²) in [5.74, 6) is -0.934. The Labute approximate surface area is 113 Å². The zero-order valence-electron chi connectivity index (χ0n) is 10.4. The minimum atomic E-state index is -0.678. The van der Waals surface area contributed by atoms with Crippen molar-refractivity contribution >= 4 is 23.2 Å². The van der Waals surface area contributed by atoms with Crippen LogP contribution in [0.5, 0.6) is 0 Å². The van der Waals surface area contributed by atoms with Crippen molar-refractivity contribution in [2.45, 2.75) is 6.42 Å². The lowest BCUT2D eigenvalue weighted by Crippen LogP contribution is -2.29. The smallest absolute Gasteiger partial charge is 0.397 e. The number of furan rings is 1. The Bertz CT molecular complexity index is 707. The molecule has 2 aromatic rings. The van der Waals surface area contributed by atoms with Crippen LogP contribution in [0.1, 0.15) is 16.1 Å². The van der Waals surface area contributed by atoms with Gasteiger partial charge in [0.15, 0.2) is 5.76 Å². The highest BCUT2D eigenvalue weighted by atomic mass is 16.6. The lowest BCUT2D eigenvalue weighted by Gasteiger charge is -2.17. The second-order valence-corrected chi connectivity index (χ2v) is 4.46. The monoisotopic (exact) mass is 273 g/mol. The van der Waals surface area contributed by atoms with Gasteiger partial charge in [-0.05, 0) is 24.1 Å². The topological polar surface area (TPSA) is 103 Å². The molecule has 3 rings (SSSR count). The van der Waals surface area contributed by atoms with Crippen LogP contribution in [0.4, 0.5) is 17.3 Å². The van der Waals surface area contributed by atoms with Gasteiger partial charge in [0.05, 0.1) is 17.4 Å². The third-order valence-corrected chi connectivity index (χ3v) is 3.25. The van der Waals surface area contributed by atoms with Gasteiger partial charge in [-0.3, -0.25) is 14.9 Å². The molecule has 0 fully saturated rings. The summed E-state index contributed by atoms with van der Waals surface area (Å²) >= 11 is 0. The highest BCUT2D eigenvalue weighted by Crippen LogP contribution is 2.34. The van der Waals surface area contributed by atoms with Crippen LogP contribution >= 0.6 is 0 Å². The van der Waals surface area contributed by atoms with E-state index in [1.165, 1.54) is 17.0 Å². The van der Waals surface area contributed by atoms with Crippen LogP contribution in [0.15, 0.2) is 34.7 Å². The fourth-order valence-electron chi connectivity index (χ4n) is 2.36. The van der Waals surface area contributed by atoms with Gasteiger partial charge in [-0.2, -0.15) is 0 Å². The number of hydrogen-bond donors (Lipinski definition) is 1. The number of rotatable bonds is 2. The number of para-hydroxylation sites is 1. The van der Waals surface area contributed by atoms with E-state index in [4.69, 9.17) is 10.2 Å². The predicted octanol–water partition coefficient (Wildman–Crippen LogP) is 1.97. The SMILES string of the molecule is Nc1cccc2c1N(C(=O)c1ccc([N+](=O)[O-])o1)CC2. The minimum absolute atomic E-state index is 0.0622. The molecule has 20 heavy (non-hydrogen) atoms. The fourth-order valence-corrected chi connectivity index (χ4v) is 2.36. The molecule has 0 unspecified atom stereocenters. The highest BCUT2D eigenvalue weighted by Gasteiger charge is 2.30. The molecule has 0 aliphatic carbocycles. The molecular formula is C13H11N3O4. The molecule has 7 heteroatoms. The van der Waals surface area contributed by atoms with E-state index in [1.807, 2.05) is 12.1 Å². The number of fused-ring (bicyclic) bond motifs is 1. The molecule has 1 aliphatic rings. The number of carbonyl (C=O) groups is 1. The van der Waals surface area contributed by atoms with Gasteiger partial charge in [-0.25, -0.2) is 0 Å². The third kappa shape index (κ3) is 1.80. The number of nitro groups is 1. The normalized spacial score (nSPS) is 13.3. The molecule has 0 saturated carbocycles. The Morgan fingerprint density at radius 1 is 1.35 bits per heavy atom. The summed E-state index contributed by atoms with van der Waals surface area (Å²) in [6, 6.07) is 7.93. The summed E-state index contributed by atoms with van der Waals surface area (Å²) < 4.78 is 4.94. The van der Waals surface area contributed by atoms with E-state index in [1.54, 1.807) is 6.07 Å². The molecule has 1 amide bonds. The first-order valence-corrected chi connectivity index (χ1v) is 6.01. The quantitative estimate of drug-likeness (QED) is 0.512. The molecule has 0 saturated heterocycles. The van der Waals surface area contributed by atoms with Crippen molar-refractivity contribution in [3.8, 4) is 0 Å². The number of nitrogen functional groups attached to an aromatic ring is 1. The van der Waals surface area contributed by atoms with E-state index in [0.717, 1.165) is 5.56 Å². The van der Waals surface area contributed by atoms with Gasteiger partial charge in [0, 0.05) is 6.54 Å². The van der Waals surface area contributed by atoms with E-state index in [-0.39, 0.29) is 5.76 Å². The van der Waals surface area contributed by atoms with Crippen LogP contribution < -0.4 is 10.6 Å². The van der Waals surface area contributed by atoms with Gasteiger partial charge >= 0.3 is 5.88 Å². The molecular weight excluding hydrogens is 262 g/mol. The number of carbonyl (C=O) groups excluding carboxylic acids is 1. The van der Waals surface area contributed by atoms with E-state index in [0.29, 0.717) is 24.3 Å². The van der Waals surface area contributed by atoms with E-state index in [9.17, 15) is 14.9 Å². The number of nitrogens with two attached hydrogens (primary N) is 1. The summed E-state index contributed by atoms with van der Waals surface area (Å²) in [4.78, 5) is 23.7. The largest absolute Gasteiger partial charge is 0.433 e. The van der Waals surface area contributed by atoms with Gasteiger partial charge in [0.25, 0.3) is 5.91 Å². The first-order chi connectivity index (χ1) is 9.58. The summed E-state index contributed by atoms with van der Waals surface area (Å²) in [7, 11) is 0. The molecule has 1 aromatic heterocycles. The first kappa shape index (κ1) is 12.2. The lowest BCUT2D eigenvalue weighted by molar-refractivity contribution is -0.402. The molecule has 1 aliphatic heterocycles. The average Bonchev–Trinajstić information content (AvgIpc) is 3.05. The second-order valence-electron chi connectivity index (χ2n) is 4.46. The van der Waals surface area contributed by atoms with Gasteiger partial charge in [0.2, 0.25) is 0 Å². The Morgan fingerprint density at radius 3 is 2.85 bits per heavy atom. The number of benzene rings is 1. The molecule has 0 spiro atoms. The maximum absolute atomic E-state index is 12.4. The van der Waals surface area contributed by atoms with Crippen LogP contribution in [-0.2, 0) is 6.42 Å². The maximum Gasteiger partial charge on any atom is 0.433 e. The van der Waals surface area contributed by atoms with Crippen molar-refractivity contribution < 1.29 is 14.1 Å². The molecule has 7 nitrogen and oxygen atoms in total. The lowest BCUT2D eigenvalue weighted by atomic mass is 10.1. The van der Waals surface area contributed by atoms with Crippen molar-refractivity contribution in [3.63, 3.8) is 0 Å². The Kier molecular flexibility index (Phi) is 2.67. The highest BCUT2D eigenvalue weighted by molar-refractivity contribution is 6.07. The van der Waals surface area contributed by atoms with Crippen LogP contribution in [0, 0.1) is 10.1 Å². The number of hydrogen-bond acceptors (Lipinski definition) is 5. The van der Waals surface area contributed by atoms with Crippen molar-refractivity contribution in [3.05, 3.63) is 51.8 Å². The van der Waals surface area contributed by atoms with Crippen LogP contribution in [0.3, 0.4) is 0 Å². The summed E-state index contributed by atoms with van der Waals surface area (Å²) in [5, 5.41) is 10.6. The maximum atomic E-state index is 12.4. The van der Waals surface area contributed by atoms with E-state index in [2.05, 4.69) is 0 Å². The van der Waals surface area contributed by atoms with Crippen molar-refractivity contribution in [1.29, 1.82) is 0 Å². The Balaban J connectivity index is 1.95. The van der Waals surface area contributed by atoms with Crippen molar-refractivity contribution in [1.82, 2.24) is 0 Å². The Hall–Kier alpha value is -2.83. The summed E-state index contributed by atoms with van der Waals surface area (Å²) in [6.45, 7) is 0.483. The first-order valence-electron chi connectivity index (χ1n) is 6.01. The third-order valence-electron chi connectivity index (χ3n) is 3.25. The fraction of sp³-hybridized carbons (Fsp3) is 0.154. The number of anilines is 2. The van der Waals surface area contributed by atoms with Gasteiger partial charge in [-0.15, -0.1) is 0 Å². The molecule has 0 bridgehead atoms. The van der Waals surface area contributed by atoms with Crippen LogP contribution in [0.25, 0.3) is 0 Å². The van der Waals surface area contributed by atoms with E-state index < -0.39 is 16.7 Å².